The van der Waals surface area contributed by atoms with Crippen molar-refractivity contribution in [2.75, 3.05) is 6.54 Å². The zero-order valence-electron chi connectivity index (χ0n) is 13.7. The van der Waals surface area contributed by atoms with Crippen LogP contribution in [-0.4, -0.2) is 34.5 Å². The maximum Gasteiger partial charge on any atom is 0.314 e. The first-order valence-electron chi connectivity index (χ1n) is 7.81. The molecule has 1 aliphatic carbocycles. The predicted octanol–water partition coefficient (Wildman–Crippen LogP) is 0.725. The van der Waals surface area contributed by atoms with Crippen molar-refractivity contribution in [2.24, 2.45) is 17.6 Å². The maximum absolute atomic E-state index is 12.1. The summed E-state index contributed by atoms with van der Waals surface area (Å²) >= 11 is 0. The van der Waals surface area contributed by atoms with E-state index in [1.165, 1.54) is 0 Å². The number of nitrogens with two attached hydrogens (primary N) is 1. The minimum Gasteiger partial charge on any atom is -0.481 e. The van der Waals surface area contributed by atoms with Crippen LogP contribution < -0.4 is 10.5 Å². The maximum atomic E-state index is 12.1. The van der Waals surface area contributed by atoms with Crippen molar-refractivity contribution in [1.29, 1.82) is 0 Å². The van der Waals surface area contributed by atoms with Crippen molar-refractivity contribution >= 4 is 11.9 Å². The average Bonchev–Trinajstić information content (AvgIpc) is 2.54. The van der Waals surface area contributed by atoms with Crippen LogP contribution in [0.1, 0.15) is 37.7 Å². The van der Waals surface area contributed by atoms with Crippen LogP contribution in [0.4, 0.5) is 0 Å². The number of rotatable bonds is 6. The molecule has 7 heteroatoms. The molecule has 0 atom stereocenters. The molecule has 0 bridgehead atoms. The summed E-state index contributed by atoms with van der Waals surface area (Å²) in [6.07, 6.45) is 4.25. The second kappa shape index (κ2) is 10.7. The summed E-state index contributed by atoms with van der Waals surface area (Å²) in [6.45, 7) is 0.694. The Kier molecular flexibility index (Phi) is 9.87. The van der Waals surface area contributed by atoms with Crippen LogP contribution in [0, 0.1) is 11.8 Å². The van der Waals surface area contributed by atoms with Gasteiger partial charge in [-0.1, -0.05) is 12.1 Å². The van der Waals surface area contributed by atoms with Crippen molar-refractivity contribution in [3.8, 4) is 5.75 Å². The molecule has 1 aromatic rings. The molecule has 7 N–H and O–H groups in total. The van der Waals surface area contributed by atoms with Crippen molar-refractivity contribution < 1.29 is 30.4 Å². The Morgan fingerprint density at radius 3 is 2.17 bits per heavy atom. The topological polar surface area (TPSA) is 153 Å². The van der Waals surface area contributed by atoms with Crippen molar-refractivity contribution in [1.82, 2.24) is 0 Å². The van der Waals surface area contributed by atoms with Gasteiger partial charge in [0.1, 0.15) is 5.75 Å². The van der Waals surface area contributed by atoms with Gasteiger partial charge in [-0.2, -0.15) is 0 Å². The van der Waals surface area contributed by atoms with Gasteiger partial charge in [0.25, 0.3) is 0 Å². The number of carboxylic acid groups (broad SMARTS) is 1. The lowest BCUT2D eigenvalue weighted by atomic mass is 9.82. The summed E-state index contributed by atoms with van der Waals surface area (Å²) < 4.78 is 5.42. The van der Waals surface area contributed by atoms with Crippen LogP contribution in [-0.2, 0) is 16.0 Å². The molecule has 0 saturated heterocycles. The summed E-state index contributed by atoms with van der Waals surface area (Å²) in [6, 6.07) is 7.05. The van der Waals surface area contributed by atoms with Crippen molar-refractivity contribution in [2.45, 2.75) is 38.5 Å². The summed E-state index contributed by atoms with van der Waals surface area (Å²) in [5.41, 5.74) is 6.57. The van der Waals surface area contributed by atoms with E-state index in [2.05, 4.69) is 0 Å². The number of aryl methyl sites for hydroxylation is 1. The first-order valence-corrected chi connectivity index (χ1v) is 7.81. The van der Waals surface area contributed by atoms with E-state index in [0.29, 0.717) is 24.6 Å². The van der Waals surface area contributed by atoms with Gasteiger partial charge in [-0.3, -0.25) is 9.59 Å². The molecule has 2 rings (SSSR count). The molecule has 1 aliphatic rings. The summed E-state index contributed by atoms with van der Waals surface area (Å²) in [5.74, 6) is 0.0365. The number of benzene rings is 1. The average molecular weight is 341 g/mol. The minimum atomic E-state index is -0.816. The Labute approximate surface area is 141 Å². The molecule has 136 valence electrons. The zero-order chi connectivity index (χ0) is 15.9. The second-order valence-electron chi connectivity index (χ2n) is 5.91. The summed E-state index contributed by atoms with van der Waals surface area (Å²) in [7, 11) is 0. The van der Waals surface area contributed by atoms with Gasteiger partial charge in [0.2, 0.25) is 0 Å². The Morgan fingerprint density at radius 1 is 1.08 bits per heavy atom. The molecule has 0 amide bonds. The van der Waals surface area contributed by atoms with Gasteiger partial charge in [-0.05, 0) is 62.3 Å². The smallest absolute Gasteiger partial charge is 0.314 e. The molecule has 0 radical (unpaired) electrons. The third-order valence-electron chi connectivity index (χ3n) is 4.28. The zero-order valence-corrected chi connectivity index (χ0v) is 13.7. The SMILES string of the molecule is NC[C@H]1CC[C@H](C(=O)Oc2ccc(CCC(=O)O)cc2)CC1.O.O. The van der Waals surface area contributed by atoms with E-state index >= 15 is 0 Å². The Bertz CT molecular complexity index is 508. The second-order valence-corrected chi connectivity index (χ2v) is 5.91. The van der Waals surface area contributed by atoms with Crippen LogP contribution in [0.2, 0.25) is 0 Å². The molecule has 7 nitrogen and oxygen atoms in total. The lowest BCUT2D eigenvalue weighted by Crippen LogP contribution is -2.28. The fourth-order valence-corrected chi connectivity index (χ4v) is 2.81. The Hall–Kier alpha value is -1.96. The van der Waals surface area contributed by atoms with E-state index in [9.17, 15) is 9.59 Å². The van der Waals surface area contributed by atoms with E-state index in [0.717, 1.165) is 31.2 Å². The molecule has 1 saturated carbocycles. The first kappa shape index (κ1) is 22.0. The van der Waals surface area contributed by atoms with E-state index in [1.807, 2.05) is 0 Å². The normalized spacial score (nSPS) is 19.5. The number of carbonyl (C=O) groups excluding carboxylic acids is 1. The van der Waals surface area contributed by atoms with Crippen LogP contribution in [0.25, 0.3) is 0 Å². The molecule has 1 fully saturated rings. The fourth-order valence-electron chi connectivity index (χ4n) is 2.81. The number of esters is 1. The molecule has 24 heavy (non-hydrogen) atoms. The Balaban J connectivity index is 0.00000264. The number of ether oxygens (including phenoxy) is 1. The van der Waals surface area contributed by atoms with Crippen LogP contribution >= 0.6 is 0 Å². The molecule has 0 spiro atoms. The predicted molar refractivity (Wildman–Crippen MR) is 89.8 cm³/mol. The van der Waals surface area contributed by atoms with Gasteiger partial charge in [-0.15, -0.1) is 0 Å². The monoisotopic (exact) mass is 341 g/mol. The van der Waals surface area contributed by atoms with Crippen molar-refractivity contribution in [3.63, 3.8) is 0 Å². The van der Waals surface area contributed by atoms with E-state index in [1.54, 1.807) is 24.3 Å². The molecular formula is C17H27NO6. The highest BCUT2D eigenvalue weighted by Gasteiger charge is 2.27. The number of aliphatic carboxylic acids is 1. The van der Waals surface area contributed by atoms with Gasteiger partial charge in [0, 0.05) is 6.42 Å². The molecule has 1 aromatic carbocycles. The lowest BCUT2D eigenvalue weighted by molar-refractivity contribution is -0.140. The Morgan fingerprint density at radius 2 is 1.67 bits per heavy atom. The van der Waals surface area contributed by atoms with Gasteiger partial charge in [0.05, 0.1) is 5.92 Å². The summed E-state index contributed by atoms with van der Waals surface area (Å²) in [5, 5.41) is 8.65. The third-order valence-corrected chi connectivity index (χ3v) is 4.28. The van der Waals surface area contributed by atoms with Crippen LogP contribution in [0.3, 0.4) is 0 Å². The molecule has 0 heterocycles. The highest BCUT2D eigenvalue weighted by atomic mass is 16.5. The number of carboxylic acids is 1. The lowest BCUT2D eigenvalue weighted by Gasteiger charge is -2.26. The van der Waals surface area contributed by atoms with Gasteiger partial charge in [0.15, 0.2) is 0 Å². The van der Waals surface area contributed by atoms with Gasteiger partial charge < -0.3 is 26.5 Å². The quantitative estimate of drug-likeness (QED) is 0.576. The fraction of sp³-hybridized carbons (Fsp3) is 0.529. The van der Waals surface area contributed by atoms with E-state index in [4.69, 9.17) is 15.6 Å². The highest BCUT2D eigenvalue weighted by molar-refractivity contribution is 5.75. The number of carbonyl (C=O) groups is 2. The number of hydrogen-bond acceptors (Lipinski definition) is 4. The number of hydrogen-bond donors (Lipinski definition) is 2. The first-order chi connectivity index (χ1) is 10.6. The molecule has 0 unspecified atom stereocenters. The summed E-state index contributed by atoms with van der Waals surface area (Å²) in [4.78, 5) is 22.7. The van der Waals surface area contributed by atoms with Gasteiger partial charge >= 0.3 is 11.9 Å². The van der Waals surface area contributed by atoms with E-state index in [-0.39, 0.29) is 29.3 Å². The molecule has 0 aliphatic heterocycles. The third kappa shape index (κ3) is 6.66. The van der Waals surface area contributed by atoms with E-state index < -0.39 is 5.97 Å². The highest BCUT2D eigenvalue weighted by Crippen LogP contribution is 2.29. The molecule has 0 aromatic heterocycles. The minimum absolute atomic E-state index is 0. The van der Waals surface area contributed by atoms with Gasteiger partial charge in [-0.25, -0.2) is 0 Å². The largest absolute Gasteiger partial charge is 0.481 e. The van der Waals surface area contributed by atoms with Crippen LogP contribution in [0.5, 0.6) is 5.75 Å². The molecular weight excluding hydrogens is 314 g/mol. The standard InChI is InChI=1S/C17H23NO4.2H2O/c18-11-13-1-6-14(7-2-13)17(21)22-15-8-3-12(4-9-15)5-10-16(19)20;;/h3-4,8-9,13-14H,1-2,5-7,10-11,18H2,(H,19,20);2*1H2/t13-,14-;;. The van der Waals surface area contributed by atoms with Crippen molar-refractivity contribution in [3.05, 3.63) is 29.8 Å². The van der Waals surface area contributed by atoms with Crippen LogP contribution in [0.15, 0.2) is 24.3 Å².